The van der Waals surface area contributed by atoms with Crippen LogP contribution in [-0.4, -0.2) is 12.6 Å². The molecule has 0 bridgehead atoms. The fourth-order valence-electron chi connectivity index (χ4n) is 1.08. The Morgan fingerprint density at radius 1 is 1.60 bits per heavy atom. The Balaban J connectivity index is 2.89. The van der Waals surface area contributed by atoms with Gasteiger partial charge in [-0.25, -0.2) is 0 Å². The smallest absolute Gasteiger partial charge is 0.315 e. The zero-order valence-corrected chi connectivity index (χ0v) is 6.60. The van der Waals surface area contributed by atoms with E-state index in [9.17, 15) is 4.79 Å². The molecule has 0 aromatic rings. The van der Waals surface area contributed by atoms with Gasteiger partial charge in [0.15, 0.2) is 0 Å². The molecule has 0 saturated heterocycles. The van der Waals surface area contributed by atoms with Crippen molar-refractivity contribution in [3.05, 3.63) is 11.6 Å². The Morgan fingerprint density at radius 3 is 2.60 bits per heavy atom. The summed E-state index contributed by atoms with van der Waals surface area (Å²) in [6.07, 6.45) is 1.96. The molecule has 1 aliphatic heterocycles. The van der Waals surface area contributed by atoms with Gasteiger partial charge in [0.2, 0.25) is 0 Å². The standard InChI is InChI=1S/C8H12O2/c1-6-4-8(2,3)7(9)10-5-6/h4H,5H2,1-3H3. The third kappa shape index (κ3) is 1.20. The summed E-state index contributed by atoms with van der Waals surface area (Å²) in [5.74, 6) is -0.127. The van der Waals surface area contributed by atoms with E-state index in [-0.39, 0.29) is 5.97 Å². The zero-order valence-electron chi connectivity index (χ0n) is 6.60. The highest BCUT2D eigenvalue weighted by Gasteiger charge is 2.29. The van der Waals surface area contributed by atoms with Crippen LogP contribution in [0.3, 0.4) is 0 Å². The summed E-state index contributed by atoms with van der Waals surface area (Å²) >= 11 is 0. The van der Waals surface area contributed by atoms with E-state index < -0.39 is 5.41 Å². The normalized spacial score (nSPS) is 23.5. The minimum Gasteiger partial charge on any atom is -0.461 e. The predicted molar refractivity (Wildman–Crippen MR) is 38.5 cm³/mol. The lowest BCUT2D eigenvalue weighted by atomic mass is 9.90. The Kier molecular flexibility index (Phi) is 1.55. The van der Waals surface area contributed by atoms with E-state index in [1.807, 2.05) is 26.8 Å². The second-order valence-corrected chi connectivity index (χ2v) is 3.29. The Bertz CT molecular complexity index is 189. The van der Waals surface area contributed by atoms with Crippen LogP contribution in [0, 0.1) is 5.41 Å². The first-order valence-electron chi connectivity index (χ1n) is 3.38. The first kappa shape index (κ1) is 7.32. The van der Waals surface area contributed by atoms with E-state index in [1.54, 1.807) is 0 Å². The monoisotopic (exact) mass is 140 g/mol. The van der Waals surface area contributed by atoms with Gasteiger partial charge in [0.25, 0.3) is 0 Å². The highest BCUT2D eigenvalue weighted by Crippen LogP contribution is 2.25. The van der Waals surface area contributed by atoms with Crippen molar-refractivity contribution in [2.45, 2.75) is 20.8 Å². The number of carbonyl (C=O) groups excluding carboxylic acids is 1. The highest BCUT2D eigenvalue weighted by molar-refractivity contribution is 5.79. The second kappa shape index (κ2) is 2.11. The molecular weight excluding hydrogens is 128 g/mol. The van der Waals surface area contributed by atoms with Gasteiger partial charge in [-0.1, -0.05) is 6.08 Å². The third-order valence-corrected chi connectivity index (χ3v) is 1.56. The molecule has 0 aromatic carbocycles. The first-order chi connectivity index (χ1) is 4.52. The molecule has 0 aliphatic carbocycles. The van der Waals surface area contributed by atoms with Crippen LogP contribution in [0.1, 0.15) is 20.8 Å². The van der Waals surface area contributed by atoms with Crippen molar-refractivity contribution in [2.24, 2.45) is 5.41 Å². The van der Waals surface area contributed by atoms with Gasteiger partial charge in [0.05, 0.1) is 5.41 Å². The van der Waals surface area contributed by atoms with Gasteiger partial charge in [-0.2, -0.15) is 0 Å². The summed E-state index contributed by atoms with van der Waals surface area (Å²) in [5, 5.41) is 0. The van der Waals surface area contributed by atoms with Gasteiger partial charge in [-0.3, -0.25) is 4.79 Å². The summed E-state index contributed by atoms with van der Waals surface area (Å²) in [5.41, 5.74) is 0.715. The molecule has 0 saturated carbocycles. The van der Waals surface area contributed by atoms with Gasteiger partial charge in [0, 0.05) is 0 Å². The molecule has 0 N–H and O–H groups in total. The maximum Gasteiger partial charge on any atom is 0.315 e. The molecule has 56 valence electrons. The van der Waals surface area contributed by atoms with Crippen molar-refractivity contribution in [2.75, 3.05) is 6.61 Å². The number of hydrogen-bond acceptors (Lipinski definition) is 2. The molecule has 0 radical (unpaired) electrons. The molecular formula is C8H12O2. The first-order valence-corrected chi connectivity index (χ1v) is 3.38. The molecule has 10 heavy (non-hydrogen) atoms. The fraction of sp³-hybridized carbons (Fsp3) is 0.625. The molecule has 0 atom stereocenters. The van der Waals surface area contributed by atoms with E-state index in [0.717, 1.165) is 5.57 Å². The summed E-state index contributed by atoms with van der Waals surface area (Å²) in [7, 11) is 0. The minimum atomic E-state index is -0.414. The zero-order chi connectivity index (χ0) is 7.78. The van der Waals surface area contributed by atoms with Crippen LogP contribution in [0.4, 0.5) is 0 Å². The van der Waals surface area contributed by atoms with Gasteiger partial charge in [-0.15, -0.1) is 0 Å². The van der Waals surface area contributed by atoms with Gasteiger partial charge >= 0.3 is 5.97 Å². The van der Waals surface area contributed by atoms with Crippen molar-refractivity contribution in [3.8, 4) is 0 Å². The van der Waals surface area contributed by atoms with Crippen molar-refractivity contribution >= 4 is 5.97 Å². The van der Waals surface area contributed by atoms with Crippen LogP contribution in [0.25, 0.3) is 0 Å². The maximum atomic E-state index is 11.0. The van der Waals surface area contributed by atoms with Crippen LogP contribution in [0.15, 0.2) is 11.6 Å². The lowest BCUT2D eigenvalue weighted by Gasteiger charge is -2.24. The quantitative estimate of drug-likeness (QED) is 0.376. The van der Waals surface area contributed by atoms with Crippen molar-refractivity contribution < 1.29 is 9.53 Å². The van der Waals surface area contributed by atoms with E-state index in [0.29, 0.717) is 6.61 Å². The van der Waals surface area contributed by atoms with E-state index >= 15 is 0 Å². The van der Waals surface area contributed by atoms with Crippen LogP contribution in [0.2, 0.25) is 0 Å². The summed E-state index contributed by atoms with van der Waals surface area (Å²) < 4.78 is 4.90. The van der Waals surface area contributed by atoms with E-state index in [1.165, 1.54) is 0 Å². The number of ether oxygens (including phenoxy) is 1. The highest BCUT2D eigenvalue weighted by atomic mass is 16.5. The largest absolute Gasteiger partial charge is 0.461 e. The molecule has 0 amide bonds. The van der Waals surface area contributed by atoms with Gasteiger partial charge in [-0.05, 0) is 26.3 Å². The van der Waals surface area contributed by atoms with Crippen molar-refractivity contribution in [1.29, 1.82) is 0 Å². The van der Waals surface area contributed by atoms with Crippen LogP contribution < -0.4 is 0 Å². The Labute approximate surface area is 60.9 Å². The number of esters is 1. The average molecular weight is 140 g/mol. The maximum absolute atomic E-state index is 11.0. The van der Waals surface area contributed by atoms with Crippen molar-refractivity contribution in [3.63, 3.8) is 0 Å². The number of carbonyl (C=O) groups is 1. The molecule has 2 nitrogen and oxygen atoms in total. The molecule has 1 heterocycles. The second-order valence-electron chi connectivity index (χ2n) is 3.29. The molecule has 0 aromatic heterocycles. The SMILES string of the molecule is CC1=CC(C)(C)C(=O)OC1. The lowest BCUT2D eigenvalue weighted by Crippen LogP contribution is -2.29. The summed E-state index contributed by atoms with van der Waals surface area (Å²) in [6, 6.07) is 0. The van der Waals surface area contributed by atoms with Gasteiger partial charge < -0.3 is 4.74 Å². The molecule has 0 fully saturated rings. The van der Waals surface area contributed by atoms with E-state index in [4.69, 9.17) is 4.74 Å². The lowest BCUT2D eigenvalue weighted by molar-refractivity contribution is -0.151. The van der Waals surface area contributed by atoms with Crippen LogP contribution in [-0.2, 0) is 9.53 Å². The molecule has 0 unspecified atom stereocenters. The Morgan fingerprint density at radius 2 is 2.20 bits per heavy atom. The number of hydrogen-bond donors (Lipinski definition) is 0. The molecule has 2 heteroatoms. The average Bonchev–Trinajstić information content (AvgIpc) is 1.78. The van der Waals surface area contributed by atoms with Crippen LogP contribution in [0.5, 0.6) is 0 Å². The summed E-state index contributed by atoms with van der Waals surface area (Å²) in [6.45, 7) is 6.15. The molecule has 1 aliphatic rings. The Hall–Kier alpha value is -0.790. The fourth-order valence-corrected chi connectivity index (χ4v) is 1.08. The van der Waals surface area contributed by atoms with Crippen molar-refractivity contribution in [1.82, 2.24) is 0 Å². The van der Waals surface area contributed by atoms with Gasteiger partial charge in [0.1, 0.15) is 6.61 Å². The minimum absolute atomic E-state index is 0.127. The van der Waals surface area contributed by atoms with Crippen LogP contribution >= 0.6 is 0 Å². The third-order valence-electron chi connectivity index (χ3n) is 1.56. The topological polar surface area (TPSA) is 26.3 Å². The predicted octanol–water partition coefficient (Wildman–Crippen LogP) is 1.52. The number of cyclic esters (lactones) is 1. The molecule has 0 spiro atoms. The van der Waals surface area contributed by atoms with E-state index in [2.05, 4.69) is 0 Å². The summed E-state index contributed by atoms with van der Waals surface area (Å²) in [4.78, 5) is 11.0. The molecule has 1 rings (SSSR count). The number of rotatable bonds is 0.